The van der Waals surface area contributed by atoms with Gasteiger partial charge in [-0.2, -0.15) is 0 Å². The maximum atomic E-state index is 13.3. The fourth-order valence-electron chi connectivity index (χ4n) is 4.72. The molecule has 142 valence electrons. The Kier molecular flexibility index (Phi) is 4.23. The van der Waals surface area contributed by atoms with Crippen molar-refractivity contribution >= 4 is 5.91 Å². The minimum absolute atomic E-state index is 0.106. The molecule has 6 nitrogen and oxygen atoms in total. The SMILES string of the molecule is Cc1oc2c(c1C(=O)N1CCc3nc(C4CCNC4)ncc3C1)CCCC2. The van der Waals surface area contributed by atoms with Crippen molar-refractivity contribution in [2.75, 3.05) is 19.6 Å². The normalized spacial score (nSPS) is 21.8. The Balaban J connectivity index is 1.38. The third kappa shape index (κ3) is 2.96. The second kappa shape index (κ2) is 6.75. The Hall–Kier alpha value is -2.21. The van der Waals surface area contributed by atoms with Gasteiger partial charge in [-0.05, 0) is 39.2 Å². The monoisotopic (exact) mass is 366 g/mol. The van der Waals surface area contributed by atoms with Gasteiger partial charge in [-0.3, -0.25) is 4.79 Å². The molecule has 1 saturated heterocycles. The number of aromatic nitrogens is 2. The summed E-state index contributed by atoms with van der Waals surface area (Å²) in [5.74, 6) is 3.29. The Morgan fingerprint density at radius 2 is 2.19 bits per heavy atom. The van der Waals surface area contributed by atoms with E-state index >= 15 is 0 Å². The van der Waals surface area contributed by atoms with Gasteiger partial charge in [0, 0.05) is 55.7 Å². The zero-order valence-corrected chi connectivity index (χ0v) is 15.9. The molecular formula is C21H26N4O2. The van der Waals surface area contributed by atoms with Crippen molar-refractivity contribution in [1.82, 2.24) is 20.2 Å². The molecule has 6 heteroatoms. The van der Waals surface area contributed by atoms with Crippen LogP contribution in [-0.4, -0.2) is 40.4 Å². The van der Waals surface area contributed by atoms with Crippen LogP contribution in [0.25, 0.3) is 0 Å². The zero-order chi connectivity index (χ0) is 18.4. The lowest BCUT2D eigenvalue weighted by atomic mass is 9.93. The first-order valence-corrected chi connectivity index (χ1v) is 10.2. The van der Waals surface area contributed by atoms with Crippen LogP contribution >= 0.6 is 0 Å². The number of nitrogens with one attached hydrogen (secondary N) is 1. The highest BCUT2D eigenvalue weighted by molar-refractivity contribution is 5.97. The van der Waals surface area contributed by atoms with Crippen molar-refractivity contribution < 1.29 is 9.21 Å². The van der Waals surface area contributed by atoms with Crippen molar-refractivity contribution in [1.29, 1.82) is 0 Å². The van der Waals surface area contributed by atoms with E-state index in [1.54, 1.807) is 0 Å². The summed E-state index contributed by atoms with van der Waals surface area (Å²) in [6.45, 7) is 5.24. The van der Waals surface area contributed by atoms with E-state index in [1.165, 1.54) is 0 Å². The van der Waals surface area contributed by atoms with E-state index in [0.29, 0.717) is 19.0 Å². The van der Waals surface area contributed by atoms with Gasteiger partial charge < -0.3 is 14.6 Å². The van der Waals surface area contributed by atoms with E-state index < -0.39 is 0 Å². The molecule has 5 rings (SSSR count). The molecule has 1 N–H and O–H groups in total. The number of fused-ring (bicyclic) bond motifs is 2. The molecule has 0 bridgehead atoms. The molecule has 1 unspecified atom stereocenters. The molecule has 2 aromatic heterocycles. The van der Waals surface area contributed by atoms with Crippen LogP contribution in [0, 0.1) is 6.92 Å². The van der Waals surface area contributed by atoms with Gasteiger partial charge in [0.15, 0.2) is 0 Å². The number of hydrogen-bond acceptors (Lipinski definition) is 5. The molecule has 1 atom stereocenters. The molecule has 4 heterocycles. The minimum Gasteiger partial charge on any atom is -0.465 e. The van der Waals surface area contributed by atoms with Crippen LogP contribution in [0.2, 0.25) is 0 Å². The van der Waals surface area contributed by atoms with Crippen LogP contribution in [0.15, 0.2) is 10.6 Å². The van der Waals surface area contributed by atoms with Gasteiger partial charge in [0.25, 0.3) is 5.91 Å². The topological polar surface area (TPSA) is 71.3 Å². The second-order valence-electron chi connectivity index (χ2n) is 8.01. The highest BCUT2D eigenvalue weighted by atomic mass is 16.3. The van der Waals surface area contributed by atoms with Crippen LogP contribution < -0.4 is 5.32 Å². The number of nitrogens with zero attached hydrogens (tertiary/aromatic N) is 3. The van der Waals surface area contributed by atoms with Crippen LogP contribution in [0.4, 0.5) is 0 Å². The molecule has 1 fully saturated rings. The number of rotatable bonds is 2. The van der Waals surface area contributed by atoms with Crippen molar-refractivity contribution in [2.45, 2.75) is 57.9 Å². The van der Waals surface area contributed by atoms with Gasteiger partial charge in [-0.25, -0.2) is 9.97 Å². The molecule has 0 spiro atoms. The summed E-state index contributed by atoms with van der Waals surface area (Å²) < 4.78 is 5.91. The molecule has 3 aliphatic rings. The molecule has 1 aliphatic carbocycles. The summed E-state index contributed by atoms with van der Waals surface area (Å²) >= 11 is 0. The molecule has 2 aromatic rings. The van der Waals surface area contributed by atoms with Crippen molar-refractivity contribution in [2.24, 2.45) is 0 Å². The van der Waals surface area contributed by atoms with Crippen LogP contribution in [0.3, 0.4) is 0 Å². The van der Waals surface area contributed by atoms with E-state index in [9.17, 15) is 4.79 Å². The molecule has 0 aromatic carbocycles. The van der Waals surface area contributed by atoms with Crippen LogP contribution in [0.1, 0.15) is 69.7 Å². The van der Waals surface area contributed by atoms with E-state index in [2.05, 4.69) is 10.3 Å². The summed E-state index contributed by atoms with van der Waals surface area (Å²) in [5, 5.41) is 3.38. The fraction of sp³-hybridized carbons (Fsp3) is 0.571. The third-order valence-electron chi connectivity index (χ3n) is 6.23. The number of amides is 1. The minimum atomic E-state index is 0.106. The fourth-order valence-corrected chi connectivity index (χ4v) is 4.72. The lowest BCUT2D eigenvalue weighted by molar-refractivity contribution is 0.0730. The third-order valence-corrected chi connectivity index (χ3v) is 6.23. The van der Waals surface area contributed by atoms with E-state index in [4.69, 9.17) is 9.40 Å². The van der Waals surface area contributed by atoms with E-state index in [0.717, 1.165) is 91.3 Å². The van der Waals surface area contributed by atoms with Gasteiger partial charge in [0.05, 0.1) is 11.3 Å². The van der Waals surface area contributed by atoms with Gasteiger partial charge in [-0.1, -0.05) is 0 Å². The number of aryl methyl sites for hydroxylation is 2. The van der Waals surface area contributed by atoms with E-state index in [-0.39, 0.29) is 5.91 Å². The Bertz CT molecular complexity index is 883. The number of furan rings is 1. The first-order valence-electron chi connectivity index (χ1n) is 10.2. The highest BCUT2D eigenvalue weighted by Gasteiger charge is 2.31. The second-order valence-corrected chi connectivity index (χ2v) is 8.01. The number of carbonyl (C=O) groups excluding carboxylic acids is 1. The van der Waals surface area contributed by atoms with Gasteiger partial charge >= 0.3 is 0 Å². The molecule has 27 heavy (non-hydrogen) atoms. The van der Waals surface area contributed by atoms with Crippen LogP contribution in [0.5, 0.6) is 0 Å². The quantitative estimate of drug-likeness (QED) is 0.884. The molecule has 1 amide bonds. The molecule has 0 saturated carbocycles. The summed E-state index contributed by atoms with van der Waals surface area (Å²) in [5.41, 5.74) is 4.15. The standard InChI is InChI=1S/C21H26N4O2/c1-13-19(16-4-2-3-5-18(16)27-13)21(26)25-9-7-17-15(12-25)11-23-20(24-17)14-6-8-22-10-14/h11,14,22H,2-10,12H2,1H3. The van der Waals surface area contributed by atoms with Crippen molar-refractivity contribution in [3.8, 4) is 0 Å². The van der Waals surface area contributed by atoms with Gasteiger partial charge in [0.2, 0.25) is 0 Å². The smallest absolute Gasteiger partial charge is 0.257 e. The maximum absolute atomic E-state index is 13.3. The maximum Gasteiger partial charge on any atom is 0.257 e. The molecular weight excluding hydrogens is 340 g/mol. The number of carbonyl (C=O) groups is 1. The molecule has 2 aliphatic heterocycles. The Labute approximate surface area is 159 Å². The largest absolute Gasteiger partial charge is 0.465 e. The zero-order valence-electron chi connectivity index (χ0n) is 15.9. The predicted octanol–water partition coefficient (Wildman–Crippen LogP) is 2.53. The van der Waals surface area contributed by atoms with Crippen molar-refractivity contribution in [3.05, 3.63) is 45.9 Å². The lowest BCUT2D eigenvalue weighted by Crippen LogP contribution is -2.37. The Morgan fingerprint density at radius 3 is 3.04 bits per heavy atom. The lowest BCUT2D eigenvalue weighted by Gasteiger charge is -2.29. The van der Waals surface area contributed by atoms with Crippen LogP contribution in [-0.2, 0) is 25.8 Å². The average Bonchev–Trinajstić information content (AvgIpc) is 3.34. The van der Waals surface area contributed by atoms with Gasteiger partial charge in [0.1, 0.15) is 17.3 Å². The average molecular weight is 366 g/mol. The summed E-state index contributed by atoms with van der Waals surface area (Å²) in [6.07, 6.45) is 8.05. The predicted molar refractivity (Wildman–Crippen MR) is 101 cm³/mol. The van der Waals surface area contributed by atoms with E-state index in [1.807, 2.05) is 18.0 Å². The number of hydrogen-bond donors (Lipinski definition) is 1. The van der Waals surface area contributed by atoms with Crippen molar-refractivity contribution in [3.63, 3.8) is 0 Å². The van der Waals surface area contributed by atoms with Gasteiger partial charge in [-0.15, -0.1) is 0 Å². The first kappa shape index (κ1) is 16.9. The first-order chi connectivity index (χ1) is 13.2. The summed E-state index contributed by atoms with van der Waals surface area (Å²) in [4.78, 5) is 24.6. The Morgan fingerprint density at radius 1 is 1.30 bits per heavy atom. The summed E-state index contributed by atoms with van der Waals surface area (Å²) in [6, 6.07) is 0. The summed E-state index contributed by atoms with van der Waals surface area (Å²) in [7, 11) is 0. The molecule has 0 radical (unpaired) electrons. The highest BCUT2D eigenvalue weighted by Crippen LogP contribution is 2.31.